The van der Waals surface area contributed by atoms with Crippen molar-refractivity contribution >= 4 is 17.4 Å². The topological polar surface area (TPSA) is 53.6 Å². The van der Waals surface area contributed by atoms with Gasteiger partial charge in [-0.15, -0.1) is 11.3 Å². The quantitative estimate of drug-likeness (QED) is 0.819. The SMILES string of the molecule is CC1(C)CC(NC(=O)N(Cc2cccs2)CC2CCCO2)CC(C)(C)N1. The monoisotopic (exact) mass is 379 g/mol. The fourth-order valence-corrected chi connectivity index (χ4v) is 5.25. The summed E-state index contributed by atoms with van der Waals surface area (Å²) in [5.74, 6) is 0. The van der Waals surface area contributed by atoms with E-state index in [1.807, 2.05) is 11.0 Å². The van der Waals surface area contributed by atoms with Gasteiger partial charge in [0.25, 0.3) is 0 Å². The Morgan fingerprint density at radius 3 is 2.65 bits per heavy atom. The van der Waals surface area contributed by atoms with Gasteiger partial charge in [-0.05, 0) is 64.8 Å². The minimum atomic E-state index is 0.0207. The first-order chi connectivity index (χ1) is 12.2. The molecule has 3 heterocycles. The van der Waals surface area contributed by atoms with Crippen molar-refractivity contribution < 1.29 is 9.53 Å². The van der Waals surface area contributed by atoms with E-state index in [9.17, 15) is 4.79 Å². The van der Waals surface area contributed by atoms with Gasteiger partial charge in [0.15, 0.2) is 0 Å². The number of carbonyl (C=O) groups is 1. The number of amides is 2. The first kappa shape index (κ1) is 19.6. The zero-order valence-electron chi connectivity index (χ0n) is 16.5. The van der Waals surface area contributed by atoms with Crippen LogP contribution in [-0.2, 0) is 11.3 Å². The van der Waals surface area contributed by atoms with Gasteiger partial charge in [0.2, 0.25) is 0 Å². The second kappa shape index (κ2) is 7.87. The number of ether oxygens (including phenoxy) is 1. The van der Waals surface area contributed by atoms with Crippen LogP contribution in [0.2, 0.25) is 0 Å². The Bertz CT molecular complexity index is 578. The highest BCUT2D eigenvalue weighted by Gasteiger charge is 2.38. The Morgan fingerprint density at radius 1 is 1.35 bits per heavy atom. The van der Waals surface area contributed by atoms with Crippen molar-refractivity contribution in [2.45, 2.75) is 83.1 Å². The van der Waals surface area contributed by atoms with E-state index in [2.05, 4.69) is 49.8 Å². The number of piperidine rings is 1. The third-order valence-electron chi connectivity index (χ3n) is 5.18. The van der Waals surface area contributed by atoms with Crippen LogP contribution in [0.1, 0.15) is 58.3 Å². The molecule has 2 aliphatic heterocycles. The average molecular weight is 380 g/mol. The first-order valence-electron chi connectivity index (χ1n) is 9.71. The van der Waals surface area contributed by atoms with E-state index in [-0.39, 0.29) is 29.3 Å². The van der Waals surface area contributed by atoms with Crippen LogP contribution in [0.25, 0.3) is 0 Å². The summed E-state index contributed by atoms with van der Waals surface area (Å²) in [7, 11) is 0. The largest absolute Gasteiger partial charge is 0.376 e. The Balaban J connectivity index is 1.65. The lowest BCUT2D eigenvalue weighted by molar-refractivity contribution is 0.0768. The second-order valence-corrected chi connectivity index (χ2v) is 10.1. The summed E-state index contributed by atoms with van der Waals surface area (Å²) in [6.07, 6.45) is 4.18. The van der Waals surface area contributed by atoms with Crippen molar-refractivity contribution in [2.75, 3.05) is 13.2 Å². The molecule has 0 aromatic carbocycles. The van der Waals surface area contributed by atoms with Crippen LogP contribution < -0.4 is 10.6 Å². The molecule has 2 amide bonds. The molecule has 0 spiro atoms. The number of hydrogen-bond acceptors (Lipinski definition) is 4. The molecule has 0 saturated carbocycles. The highest BCUT2D eigenvalue weighted by atomic mass is 32.1. The molecule has 146 valence electrons. The normalized spacial score (nSPS) is 25.2. The molecule has 2 N–H and O–H groups in total. The third kappa shape index (κ3) is 5.44. The molecule has 1 unspecified atom stereocenters. The van der Waals surface area contributed by atoms with E-state index >= 15 is 0 Å². The Labute approximate surface area is 161 Å². The number of nitrogens with zero attached hydrogens (tertiary/aromatic N) is 1. The molecule has 0 aliphatic carbocycles. The number of thiophene rings is 1. The summed E-state index contributed by atoms with van der Waals surface area (Å²) in [5.41, 5.74) is 0.0414. The molecule has 0 radical (unpaired) electrons. The van der Waals surface area contributed by atoms with Gasteiger partial charge in [-0.25, -0.2) is 4.79 Å². The molecule has 5 nitrogen and oxygen atoms in total. The van der Waals surface area contributed by atoms with Gasteiger partial charge >= 0.3 is 6.03 Å². The van der Waals surface area contributed by atoms with Crippen molar-refractivity contribution in [3.63, 3.8) is 0 Å². The summed E-state index contributed by atoms with van der Waals surface area (Å²) in [6, 6.07) is 4.36. The predicted octanol–water partition coefficient (Wildman–Crippen LogP) is 3.75. The van der Waals surface area contributed by atoms with Crippen molar-refractivity contribution in [3.8, 4) is 0 Å². The second-order valence-electron chi connectivity index (χ2n) is 9.04. The van der Waals surface area contributed by atoms with Crippen LogP contribution in [0.15, 0.2) is 17.5 Å². The van der Waals surface area contributed by atoms with E-state index in [4.69, 9.17) is 4.74 Å². The van der Waals surface area contributed by atoms with Crippen molar-refractivity contribution in [2.24, 2.45) is 0 Å². The fraction of sp³-hybridized carbons (Fsp3) is 0.750. The lowest BCUT2D eigenvalue weighted by atomic mass is 9.79. The third-order valence-corrected chi connectivity index (χ3v) is 6.04. The van der Waals surface area contributed by atoms with E-state index in [1.165, 1.54) is 4.88 Å². The van der Waals surface area contributed by atoms with Gasteiger partial charge in [-0.1, -0.05) is 6.07 Å². The van der Waals surface area contributed by atoms with E-state index in [0.29, 0.717) is 13.1 Å². The van der Waals surface area contributed by atoms with E-state index < -0.39 is 0 Å². The van der Waals surface area contributed by atoms with Crippen LogP contribution in [-0.4, -0.2) is 47.3 Å². The smallest absolute Gasteiger partial charge is 0.318 e. The highest BCUT2D eigenvalue weighted by molar-refractivity contribution is 7.09. The number of urea groups is 1. The van der Waals surface area contributed by atoms with Gasteiger partial charge in [0, 0.05) is 35.1 Å². The minimum absolute atomic E-state index is 0.0207. The standard InChI is InChI=1S/C20H33N3O2S/c1-19(2)11-15(12-20(3,4)22-19)21-18(24)23(13-16-7-5-9-25-16)14-17-8-6-10-26-17/h6,8,10,15-16,22H,5,7,9,11-14H2,1-4H3,(H,21,24). The molecular formula is C20H33N3O2S. The summed E-state index contributed by atoms with van der Waals surface area (Å²) in [5, 5.41) is 9.05. The Hall–Kier alpha value is -1.11. The Morgan fingerprint density at radius 2 is 2.08 bits per heavy atom. The molecule has 0 bridgehead atoms. The van der Waals surface area contributed by atoms with Crippen LogP contribution in [0.4, 0.5) is 4.79 Å². The number of hydrogen-bond donors (Lipinski definition) is 2. The Kier molecular flexibility index (Phi) is 5.94. The summed E-state index contributed by atoms with van der Waals surface area (Å²) < 4.78 is 5.78. The maximum Gasteiger partial charge on any atom is 0.318 e. The number of carbonyl (C=O) groups excluding carboxylic acids is 1. The predicted molar refractivity (Wildman–Crippen MR) is 107 cm³/mol. The van der Waals surface area contributed by atoms with Gasteiger partial charge < -0.3 is 20.3 Å². The van der Waals surface area contributed by atoms with E-state index in [1.54, 1.807) is 11.3 Å². The molecule has 1 atom stereocenters. The number of rotatable bonds is 5. The maximum atomic E-state index is 13.1. The molecule has 2 aliphatic rings. The van der Waals surface area contributed by atoms with Crippen molar-refractivity contribution in [1.82, 2.24) is 15.5 Å². The van der Waals surface area contributed by atoms with Gasteiger partial charge in [0.05, 0.1) is 12.6 Å². The number of nitrogens with one attached hydrogen (secondary N) is 2. The van der Waals surface area contributed by atoms with Crippen LogP contribution in [0, 0.1) is 0 Å². The zero-order valence-corrected chi connectivity index (χ0v) is 17.3. The fourth-order valence-electron chi connectivity index (χ4n) is 4.53. The lowest BCUT2D eigenvalue weighted by Crippen LogP contribution is -2.63. The molecular weight excluding hydrogens is 346 g/mol. The lowest BCUT2D eigenvalue weighted by Gasteiger charge is -2.47. The van der Waals surface area contributed by atoms with Crippen LogP contribution in [0.5, 0.6) is 0 Å². The molecule has 2 fully saturated rings. The van der Waals surface area contributed by atoms with Gasteiger partial charge in [0.1, 0.15) is 0 Å². The average Bonchev–Trinajstić information content (AvgIpc) is 3.16. The summed E-state index contributed by atoms with van der Waals surface area (Å²) in [4.78, 5) is 16.2. The molecule has 1 aromatic heterocycles. The molecule has 3 rings (SSSR count). The van der Waals surface area contributed by atoms with Crippen molar-refractivity contribution in [3.05, 3.63) is 22.4 Å². The molecule has 6 heteroatoms. The highest BCUT2D eigenvalue weighted by Crippen LogP contribution is 2.28. The molecule has 2 saturated heterocycles. The maximum absolute atomic E-state index is 13.1. The molecule has 1 aromatic rings. The van der Waals surface area contributed by atoms with Crippen LogP contribution >= 0.6 is 11.3 Å². The summed E-state index contributed by atoms with van der Waals surface area (Å²) in [6.45, 7) is 11.0. The zero-order chi connectivity index (χ0) is 18.8. The minimum Gasteiger partial charge on any atom is -0.376 e. The van der Waals surface area contributed by atoms with Crippen LogP contribution in [0.3, 0.4) is 0 Å². The molecule has 26 heavy (non-hydrogen) atoms. The first-order valence-corrected chi connectivity index (χ1v) is 10.6. The van der Waals surface area contributed by atoms with Gasteiger partial charge in [-0.2, -0.15) is 0 Å². The van der Waals surface area contributed by atoms with Crippen molar-refractivity contribution in [1.29, 1.82) is 0 Å². The van der Waals surface area contributed by atoms with Gasteiger partial charge in [-0.3, -0.25) is 0 Å². The van der Waals surface area contributed by atoms with E-state index in [0.717, 1.165) is 32.3 Å². The summed E-state index contributed by atoms with van der Waals surface area (Å²) >= 11 is 1.70.